The Labute approximate surface area is 122 Å². The van der Waals surface area contributed by atoms with Crippen molar-refractivity contribution in [3.63, 3.8) is 0 Å². The summed E-state index contributed by atoms with van der Waals surface area (Å²) >= 11 is 1.49. The molecule has 0 saturated carbocycles. The molecule has 104 valence electrons. The number of fused-ring (bicyclic) bond motifs is 1. The normalized spacial score (nSPS) is 13.1. The van der Waals surface area contributed by atoms with Crippen LogP contribution in [0.5, 0.6) is 0 Å². The van der Waals surface area contributed by atoms with Crippen molar-refractivity contribution in [2.45, 2.75) is 24.4 Å². The summed E-state index contributed by atoms with van der Waals surface area (Å²) < 4.78 is 0. The summed E-state index contributed by atoms with van der Waals surface area (Å²) in [5.41, 5.74) is 6.52. The summed E-state index contributed by atoms with van der Waals surface area (Å²) in [5, 5.41) is 4.01. The van der Waals surface area contributed by atoms with Gasteiger partial charge in [-0.1, -0.05) is 17.8 Å². The Hall–Kier alpha value is -1.79. The van der Waals surface area contributed by atoms with Crippen molar-refractivity contribution in [1.29, 1.82) is 0 Å². The molecule has 0 radical (unpaired) electrons. The van der Waals surface area contributed by atoms with Crippen molar-refractivity contribution in [3.8, 4) is 0 Å². The molecule has 0 aliphatic heterocycles. The van der Waals surface area contributed by atoms with Crippen molar-refractivity contribution in [2.75, 3.05) is 17.0 Å². The first-order chi connectivity index (χ1) is 9.78. The minimum Gasteiger partial charge on any atom is -0.340 e. The number of nitrogen functional groups attached to an aromatic ring is 1. The lowest BCUT2D eigenvalue weighted by Gasteiger charge is -2.10. The number of nitrogens with two attached hydrogens (primary N) is 1. The molecule has 2 aromatic rings. The number of nitrogens with zero attached hydrogens (tertiary/aromatic N) is 2. The number of nitrogens with one attached hydrogen (secondary N) is 2. The lowest BCUT2D eigenvalue weighted by molar-refractivity contribution is 0.912. The molecule has 1 aliphatic rings. The zero-order valence-electron chi connectivity index (χ0n) is 11.3. The lowest BCUT2D eigenvalue weighted by Crippen LogP contribution is -2.10. The van der Waals surface area contributed by atoms with Gasteiger partial charge in [-0.05, 0) is 48.8 Å². The van der Waals surface area contributed by atoms with Crippen LogP contribution in [-0.2, 0) is 12.8 Å². The average molecular weight is 287 g/mol. The molecule has 0 unspecified atom stereocenters. The topological polar surface area (TPSA) is 75.9 Å². The fourth-order valence-electron chi connectivity index (χ4n) is 2.45. The van der Waals surface area contributed by atoms with E-state index in [1.165, 1.54) is 42.2 Å². The molecule has 0 atom stereocenters. The molecule has 1 heterocycles. The Bertz CT molecular complexity index is 607. The number of anilines is 3. The molecular formula is C14H17N5S. The lowest BCUT2D eigenvalue weighted by atomic mass is 10.1. The molecular weight excluding hydrogens is 270 g/mol. The van der Waals surface area contributed by atoms with Gasteiger partial charge in [0.2, 0.25) is 0 Å². The average Bonchev–Trinajstić information content (AvgIpc) is 2.94. The zero-order valence-corrected chi connectivity index (χ0v) is 12.1. The number of hydrazine groups is 1. The van der Waals surface area contributed by atoms with Crippen molar-refractivity contribution < 1.29 is 0 Å². The van der Waals surface area contributed by atoms with Gasteiger partial charge < -0.3 is 10.7 Å². The zero-order chi connectivity index (χ0) is 13.9. The monoisotopic (exact) mass is 287 g/mol. The summed E-state index contributed by atoms with van der Waals surface area (Å²) in [7, 11) is 0. The predicted octanol–water partition coefficient (Wildman–Crippen LogP) is 2.72. The number of benzene rings is 1. The van der Waals surface area contributed by atoms with Gasteiger partial charge in [-0.15, -0.1) is 0 Å². The molecule has 6 heteroatoms. The molecule has 0 saturated heterocycles. The summed E-state index contributed by atoms with van der Waals surface area (Å²) in [6.45, 7) is 0. The van der Waals surface area contributed by atoms with Crippen LogP contribution in [0.4, 0.5) is 17.3 Å². The van der Waals surface area contributed by atoms with Crippen LogP contribution in [0.1, 0.15) is 17.5 Å². The van der Waals surface area contributed by atoms with Gasteiger partial charge in [0.25, 0.3) is 0 Å². The largest absolute Gasteiger partial charge is 0.340 e. The summed E-state index contributed by atoms with van der Waals surface area (Å²) in [5.74, 6) is 6.78. The second kappa shape index (κ2) is 5.68. The van der Waals surface area contributed by atoms with Gasteiger partial charge in [-0.25, -0.2) is 15.8 Å². The highest BCUT2D eigenvalue weighted by Gasteiger charge is 2.11. The van der Waals surface area contributed by atoms with E-state index in [0.717, 1.165) is 11.5 Å². The SMILES string of the molecule is CSc1nc(NN)cc(Nc2ccc3c(c2)CCC3)n1. The van der Waals surface area contributed by atoms with Gasteiger partial charge in [0.15, 0.2) is 5.16 Å². The molecule has 0 bridgehead atoms. The predicted molar refractivity (Wildman–Crippen MR) is 83.4 cm³/mol. The van der Waals surface area contributed by atoms with E-state index in [0.29, 0.717) is 11.0 Å². The van der Waals surface area contributed by atoms with Crippen LogP contribution in [0.3, 0.4) is 0 Å². The van der Waals surface area contributed by atoms with Crippen LogP contribution in [0.25, 0.3) is 0 Å². The van der Waals surface area contributed by atoms with E-state index in [4.69, 9.17) is 5.84 Å². The maximum absolute atomic E-state index is 5.43. The molecule has 0 spiro atoms. The Morgan fingerprint density at radius 2 is 1.90 bits per heavy atom. The number of aryl methyl sites for hydroxylation is 2. The second-order valence-electron chi connectivity index (χ2n) is 4.73. The number of hydrogen-bond donors (Lipinski definition) is 3. The third-order valence-electron chi connectivity index (χ3n) is 3.41. The van der Waals surface area contributed by atoms with Crippen LogP contribution in [-0.4, -0.2) is 16.2 Å². The third-order valence-corrected chi connectivity index (χ3v) is 3.95. The molecule has 1 aliphatic carbocycles. The summed E-state index contributed by atoms with van der Waals surface area (Å²) in [6, 6.07) is 8.30. The smallest absolute Gasteiger partial charge is 0.191 e. The van der Waals surface area contributed by atoms with E-state index in [1.54, 1.807) is 6.07 Å². The Kier molecular flexibility index (Phi) is 3.75. The van der Waals surface area contributed by atoms with Crippen LogP contribution < -0.4 is 16.6 Å². The Balaban J connectivity index is 1.87. The van der Waals surface area contributed by atoms with Crippen LogP contribution >= 0.6 is 11.8 Å². The van der Waals surface area contributed by atoms with E-state index in [1.807, 2.05) is 6.26 Å². The van der Waals surface area contributed by atoms with Gasteiger partial charge in [0, 0.05) is 11.8 Å². The number of hydrogen-bond acceptors (Lipinski definition) is 6. The molecule has 4 N–H and O–H groups in total. The van der Waals surface area contributed by atoms with Crippen molar-refractivity contribution >= 4 is 29.1 Å². The van der Waals surface area contributed by atoms with Crippen molar-refractivity contribution in [1.82, 2.24) is 9.97 Å². The molecule has 20 heavy (non-hydrogen) atoms. The number of rotatable bonds is 4. The van der Waals surface area contributed by atoms with Crippen LogP contribution in [0.15, 0.2) is 29.4 Å². The van der Waals surface area contributed by atoms with Gasteiger partial charge in [0.1, 0.15) is 11.6 Å². The van der Waals surface area contributed by atoms with E-state index < -0.39 is 0 Å². The molecule has 1 aromatic carbocycles. The first-order valence-electron chi connectivity index (χ1n) is 6.57. The van der Waals surface area contributed by atoms with Crippen molar-refractivity contribution in [2.24, 2.45) is 5.84 Å². The quantitative estimate of drug-likeness (QED) is 0.347. The molecule has 0 amide bonds. The molecule has 3 rings (SSSR count). The van der Waals surface area contributed by atoms with E-state index >= 15 is 0 Å². The number of thioether (sulfide) groups is 1. The van der Waals surface area contributed by atoms with Crippen LogP contribution in [0, 0.1) is 0 Å². The first-order valence-corrected chi connectivity index (χ1v) is 7.79. The van der Waals surface area contributed by atoms with Crippen molar-refractivity contribution in [3.05, 3.63) is 35.4 Å². The Morgan fingerprint density at radius 1 is 1.10 bits per heavy atom. The minimum absolute atomic E-state index is 0.605. The van der Waals surface area contributed by atoms with Gasteiger partial charge >= 0.3 is 0 Å². The fourth-order valence-corrected chi connectivity index (χ4v) is 2.83. The minimum atomic E-state index is 0.605. The molecule has 5 nitrogen and oxygen atoms in total. The first kappa shape index (κ1) is 13.2. The summed E-state index contributed by atoms with van der Waals surface area (Å²) in [6.07, 6.45) is 5.56. The fraction of sp³-hybridized carbons (Fsp3) is 0.286. The highest BCUT2D eigenvalue weighted by atomic mass is 32.2. The third kappa shape index (κ3) is 2.71. The highest BCUT2D eigenvalue weighted by molar-refractivity contribution is 7.98. The number of aromatic nitrogens is 2. The van der Waals surface area contributed by atoms with Gasteiger partial charge in [0.05, 0.1) is 0 Å². The van der Waals surface area contributed by atoms with Crippen LogP contribution in [0.2, 0.25) is 0 Å². The van der Waals surface area contributed by atoms with E-state index in [9.17, 15) is 0 Å². The maximum atomic E-state index is 5.43. The second-order valence-corrected chi connectivity index (χ2v) is 5.50. The van der Waals surface area contributed by atoms with Gasteiger partial charge in [-0.2, -0.15) is 0 Å². The molecule has 1 aromatic heterocycles. The summed E-state index contributed by atoms with van der Waals surface area (Å²) in [4.78, 5) is 8.68. The highest BCUT2D eigenvalue weighted by Crippen LogP contribution is 2.27. The maximum Gasteiger partial charge on any atom is 0.191 e. The van der Waals surface area contributed by atoms with E-state index in [2.05, 4.69) is 38.9 Å². The van der Waals surface area contributed by atoms with E-state index in [-0.39, 0.29) is 0 Å². The van der Waals surface area contributed by atoms with Gasteiger partial charge in [-0.3, -0.25) is 0 Å². The Morgan fingerprint density at radius 3 is 2.70 bits per heavy atom. The molecule has 0 fully saturated rings. The standard InChI is InChI=1S/C14H17N5S/c1-20-14-17-12(8-13(18-14)19-15)16-11-6-5-9-3-2-4-10(9)7-11/h5-8H,2-4,15H2,1H3,(H2,16,17,18,19).